The Bertz CT molecular complexity index is 247. The molecular weight excluding hydrogens is 208 g/mol. The molecular formula is C15H28N2. The summed E-state index contributed by atoms with van der Waals surface area (Å²) < 4.78 is 0. The molecule has 3 fully saturated rings. The Morgan fingerprint density at radius 2 is 1.82 bits per heavy atom. The summed E-state index contributed by atoms with van der Waals surface area (Å²) in [4.78, 5) is 2.84. The molecule has 2 nitrogen and oxygen atoms in total. The average molecular weight is 236 g/mol. The molecule has 0 radical (unpaired) electrons. The lowest BCUT2D eigenvalue weighted by Gasteiger charge is -2.47. The van der Waals surface area contributed by atoms with Gasteiger partial charge in [-0.15, -0.1) is 0 Å². The second-order valence-corrected chi connectivity index (χ2v) is 6.52. The smallest absolute Gasteiger partial charge is 0.0195 e. The molecule has 0 aromatic heterocycles. The van der Waals surface area contributed by atoms with E-state index in [0.717, 1.165) is 24.0 Å². The van der Waals surface area contributed by atoms with Crippen molar-refractivity contribution in [3.63, 3.8) is 0 Å². The normalized spacial score (nSPS) is 36.5. The first-order valence-corrected chi connectivity index (χ1v) is 7.84. The van der Waals surface area contributed by atoms with E-state index < -0.39 is 0 Å². The van der Waals surface area contributed by atoms with Crippen molar-refractivity contribution < 1.29 is 0 Å². The van der Waals surface area contributed by atoms with E-state index >= 15 is 0 Å². The monoisotopic (exact) mass is 236 g/mol. The summed E-state index contributed by atoms with van der Waals surface area (Å²) in [5, 5.41) is 3.71. The Balaban J connectivity index is 1.55. The van der Waals surface area contributed by atoms with Gasteiger partial charge in [0.15, 0.2) is 0 Å². The fourth-order valence-corrected chi connectivity index (χ4v) is 3.95. The van der Waals surface area contributed by atoms with E-state index in [2.05, 4.69) is 17.1 Å². The maximum Gasteiger partial charge on any atom is 0.0195 e. The van der Waals surface area contributed by atoms with E-state index in [0.29, 0.717) is 0 Å². The topological polar surface area (TPSA) is 15.3 Å². The van der Waals surface area contributed by atoms with Crippen LogP contribution in [0.15, 0.2) is 0 Å². The maximum absolute atomic E-state index is 3.71. The number of nitrogens with one attached hydrogen (secondary N) is 1. The standard InChI is InChI=1S/C15H28N2/c1-12(11-16-14-8-9-14)17-10-4-6-13-5-2-3-7-15(13)17/h12-16H,2-11H2,1H3/t12?,13-,15-/m1/s1. The molecule has 1 heterocycles. The van der Waals surface area contributed by atoms with Crippen molar-refractivity contribution in [2.75, 3.05) is 13.1 Å². The summed E-state index contributed by atoms with van der Waals surface area (Å²) >= 11 is 0. The van der Waals surface area contributed by atoms with E-state index in [1.165, 1.54) is 64.5 Å². The molecule has 0 amide bonds. The molecule has 1 aliphatic heterocycles. The van der Waals surface area contributed by atoms with Crippen molar-refractivity contribution in [3.8, 4) is 0 Å². The molecule has 2 saturated carbocycles. The predicted octanol–water partition coefficient (Wildman–Crippen LogP) is 2.78. The number of fused-ring (bicyclic) bond motifs is 1. The lowest BCUT2D eigenvalue weighted by Crippen LogP contribution is -2.53. The van der Waals surface area contributed by atoms with Gasteiger partial charge in [0.1, 0.15) is 0 Å². The minimum atomic E-state index is 0.751. The minimum absolute atomic E-state index is 0.751. The molecule has 3 aliphatic rings. The fourth-order valence-electron chi connectivity index (χ4n) is 3.95. The van der Waals surface area contributed by atoms with E-state index in [1.54, 1.807) is 0 Å². The van der Waals surface area contributed by atoms with Gasteiger partial charge in [-0.25, -0.2) is 0 Å². The second kappa shape index (κ2) is 5.27. The maximum atomic E-state index is 3.71. The quantitative estimate of drug-likeness (QED) is 0.807. The first-order chi connectivity index (χ1) is 8.34. The number of piperidine rings is 1. The van der Waals surface area contributed by atoms with Gasteiger partial charge in [0.05, 0.1) is 0 Å². The summed E-state index contributed by atoms with van der Waals surface area (Å²) in [7, 11) is 0. The van der Waals surface area contributed by atoms with Gasteiger partial charge in [0.25, 0.3) is 0 Å². The minimum Gasteiger partial charge on any atom is -0.312 e. The summed E-state index contributed by atoms with van der Waals surface area (Å²) in [6.07, 6.45) is 11.7. The largest absolute Gasteiger partial charge is 0.312 e. The third kappa shape index (κ3) is 2.85. The van der Waals surface area contributed by atoms with Crippen molar-refractivity contribution in [1.82, 2.24) is 10.2 Å². The molecule has 0 bridgehead atoms. The van der Waals surface area contributed by atoms with Crippen molar-refractivity contribution in [2.45, 2.75) is 76.4 Å². The van der Waals surface area contributed by atoms with Crippen molar-refractivity contribution in [3.05, 3.63) is 0 Å². The average Bonchev–Trinajstić information content (AvgIpc) is 3.19. The summed E-state index contributed by atoms with van der Waals surface area (Å²) in [5.41, 5.74) is 0. The van der Waals surface area contributed by atoms with E-state index in [9.17, 15) is 0 Å². The molecule has 1 N–H and O–H groups in total. The molecule has 0 aromatic carbocycles. The van der Waals surface area contributed by atoms with Crippen LogP contribution in [-0.2, 0) is 0 Å². The Hall–Kier alpha value is -0.0800. The van der Waals surface area contributed by atoms with Crippen LogP contribution in [0.4, 0.5) is 0 Å². The van der Waals surface area contributed by atoms with Gasteiger partial charge < -0.3 is 5.32 Å². The Labute approximate surface area is 106 Å². The van der Waals surface area contributed by atoms with E-state index in [-0.39, 0.29) is 0 Å². The lowest BCUT2D eigenvalue weighted by molar-refractivity contribution is 0.0314. The van der Waals surface area contributed by atoms with Crippen molar-refractivity contribution in [1.29, 1.82) is 0 Å². The fraction of sp³-hybridized carbons (Fsp3) is 1.00. The summed E-state index contributed by atoms with van der Waals surface area (Å²) in [5.74, 6) is 1.03. The first kappa shape index (κ1) is 12.0. The Kier molecular flexibility index (Phi) is 3.72. The Morgan fingerprint density at radius 1 is 1.06 bits per heavy atom. The number of likely N-dealkylation sites (tertiary alicyclic amines) is 1. The molecule has 0 aromatic rings. The first-order valence-electron chi connectivity index (χ1n) is 7.84. The van der Waals surface area contributed by atoms with Gasteiger partial charge in [-0.1, -0.05) is 12.8 Å². The highest BCUT2D eigenvalue weighted by Crippen LogP contribution is 2.36. The molecule has 0 spiro atoms. The van der Waals surface area contributed by atoms with Gasteiger partial charge in [-0.05, 0) is 57.9 Å². The number of nitrogens with zero attached hydrogens (tertiary/aromatic N) is 1. The molecule has 2 aliphatic carbocycles. The van der Waals surface area contributed by atoms with Gasteiger partial charge in [0, 0.05) is 24.7 Å². The molecule has 3 rings (SSSR count). The molecule has 1 saturated heterocycles. The SMILES string of the molecule is CC(CNC1CC1)N1CCC[C@H]2CCCC[C@H]21. The molecule has 98 valence electrons. The zero-order chi connectivity index (χ0) is 11.7. The highest BCUT2D eigenvalue weighted by atomic mass is 15.2. The number of hydrogen-bond donors (Lipinski definition) is 1. The number of rotatable bonds is 4. The van der Waals surface area contributed by atoms with Crippen LogP contribution in [-0.4, -0.2) is 36.1 Å². The molecule has 17 heavy (non-hydrogen) atoms. The van der Waals surface area contributed by atoms with Crippen LogP contribution in [0.1, 0.15) is 58.3 Å². The summed E-state index contributed by atoms with van der Waals surface area (Å²) in [6.45, 7) is 5.01. The van der Waals surface area contributed by atoms with Crippen molar-refractivity contribution >= 4 is 0 Å². The third-order valence-electron chi connectivity index (χ3n) is 5.13. The van der Waals surface area contributed by atoms with E-state index in [1.807, 2.05) is 0 Å². The van der Waals surface area contributed by atoms with Gasteiger partial charge in [-0.2, -0.15) is 0 Å². The van der Waals surface area contributed by atoms with Crippen LogP contribution >= 0.6 is 0 Å². The second-order valence-electron chi connectivity index (χ2n) is 6.52. The van der Waals surface area contributed by atoms with Crippen LogP contribution in [0.25, 0.3) is 0 Å². The zero-order valence-electron chi connectivity index (χ0n) is 11.3. The van der Waals surface area contributed by atoms with Crippen LogP contribution in [0.2, 0.25) is 0 Å². The van der Waals surface area contributed by atoms with Crippen molar-refractivity contribution in [2.24, 2.45) is 5.92 Å². The predicted molar refractivity (Wildman–Crippen MR) is 72.2 cm³/mol. The lowest BCUT2D eigenvalue weighted by atomic mass is 9.78. The zero-order valence-corrected chi connectivity index (χ0v) is 11.3. The number of hydrogen-bond acceptors (Lipinski definition) is 2. The van der Waals surface area contributed by atoms with Crippen LogP contribution in [0.5, 0.6) is 0 Å². The molecule has 1 unspecified atom stereocenters. The molecule has 2 heteroatoms. The highest BCUT2D eigenvalue weighted by molar-refractivity contribution is 4.91. The third-order valence-corrected chi connectivity index (χ3v) is 5.13. The van der Waals surface area contributed by atoms with Gasteiger partial charge in [0.2, 0.25) is 0 Å². The highest BCUT2D eigenvalue weighted by Gasteiger charge is 2.35. The summed E-state index contributed by atoms with van der Waals surface area (Å²) in [6, 6.07) is 2.54. The molecule has 3 atom stereocenters. The van der Waals surface area contributed by atoms with Gasteiger partial charge >= 0.3 is 0 Å². The van der Waals surface area contributed by atoms with Crippen LogP contribution in [0.3, 0.4) is 0 Å². The van der Waals surface area contributed by atoms with Gasteiger partial charge in [-0.3, -0.25) is 4.90 Å². The van der Waals surface area contributed by atoms with Crippen LogP contribution < -0.4 is 5.32 Å². The van der Waals surface area contributed by atoms with E-state index in [4.69, 9.17) is 0 Å². The van der Waals surface area contributed by atoms with Crippen LogP contribution in [0, 0.1) is 5.92 Å². The Morgan fingerprint density at radius 3 is 2.65 bits per heavy atom.